The summed E-state index contributed by atoms with van der Waals surface area (Å²) < 4.78 is 13.4. The molecular formula is C31H39ClN6O5. The molecular weight excluding hydrogens is 572 g/mol. The molecule has 2 aliphatic rings. The molecule has 43 heavy (non-hydrogen) atoms. The first-order valence-corrected chi connectivity index (χ1v) is 14.9. The van der Waals surface area contributed by atoms with Gasteiger partial charge in [0.1, 0.15) is 28.9 Å². The summed E-state index contributed by atoms with van der Waals surface area (Å²) >= 11 is 6.65. The maximum Gasteiger partial charge on any atom is 0.416 e. The average Bonchev–Trinajstić information content (AvgIpc) is 3.48. The molecule has 3 aromatic rings. The summed E-state index contributed by atoms with van der Waals surface area (Å²) in [6.07, 6.45) is 5.57. The van der Waals surface area contributed by atoms with Crippen LogP contribution in [-0.4, -0.2) is 85.9 Å². The maximum absolute atomic E-state index is 13.9. The summed E-state index contributed by atoms with van der Waals surface area (Å²) in [4.78, 5) is 55.0. The molecule has 0 aliphatic carbocycles. The number of likely N-dealkylation sites (tertiary alicyclic amines) is 1. The molecule has 1 fully saturated rings. The molecule has 0 radical (unpaired) electrons. The fourth-order valence-electron chi connectivity index (χ4n) is 5.62. The van der Waals surface area contributed by atoms with Crippen LogP contribution >= 0.6 is 11.6 Å². The number of carbonyl (C=O) groups is 3. The van der Waals surface area contributed by atoms with Crippen LogP contribution < -0.4 is 4.90 Å². The molecule has 12 heteroatoms. The average molecular weight is 611 g/mol. The lowest BCUT2D eigenvalue weighted by molar-refractivity contribution is -0.134. The number of ether oxygens (including phenoxy) is 2. The van der Waals surface area contributed by atoms with Gasteiger partial charge in [-0.25, -0.2) is 14.6 Å². The quantitative estimate of drug-likeness (QED) is 0.326. The van der Waals surface area contributed by atoms with Gasteiger partial charge in [0.05, 0.1) is 16.6 Å². The van der Waals surface area contributed by atoms with Gasteiger partial charge in [0.15, 0.2) is 0 Å². The zero-order chi connectivity index (χ0) is 31.3. The van der Waals surface area contributed by atoms with E-state index in [2.05, 4.69) is 4.98 Å². The van der Waals surface area contributed by atoms with Crippen LogP contribution in [0.2, 0.25) is 5.02 Å². The van der Waals surface area contributed by atoms with Crippen molar-refractivity contribution in [2.45, 2.75) is 84.1 Å². The SMILES string of the molecule is CN1CCCc2cncc3c(Cl)cn(c23)-c2cccc(n2)N(C(=O)OC(C)(C)C)C2CC(C1=O)N(C(=O)OC(C)(C)C)C2. The van der Waals surface area contributed by atoms with Gasteiger partial charge in [0, 0.05) is 44.1 Å². The Labute approximate surface area is 256 Å². The normalized spacial score (nSPS) is 19.7. The van der Waals surface area contributed by atoms with Crippen molar-refractivity contribution in [2.75, 3.05) is 25.0 Å². The van der Waals surface area contributed by atoms with Crippen molar-refractivity contribution >= 4 is 46.4 Å². The van der Waals surface area contributed by atoms with Crippen LogP contribution in [0.15, 0.2) is 36.8 Å². The van der Waals surface area contributed by atoms with Crippen LogP contribution in [0.4, 0.5) is 15.4 Å². The molecule has 0 spiro atoms. The molecule has 0 aromatic carbocycles. The van der Waals surface area contributed by atoms with Crippen LogP contribution in [-0.2, 0) is 20.7 Å². The number of pyridine rings is 2. The van der Waals surface area contributed by atoms with Gasteiger partial charge in [-0.2, -0.15) is 0 Å². The molecule has 0 saturated carbocycles. The summed E-state index contributed by atoms with van der Waals surface area (Å²) in [5.41, 5.74) is 0.261. The van der Waals surface area contributed by atoms with Crippen LogP contribution in [0.1, 0.15) is 59.9 Å². The standard InChI is InChI=1S/C31H39ClN6O5/c1-30(2,3)42-28(40)36-17-20-14-23(36)27(39)35(7)13-9-10-19-15-33-16-21-22(32)18-37(26(19)21)24-11-8-12-25(34-24)38(20)29(41)43-31(4,5)6/h8,11-12,15-16,18,20,23H,9-10,13-14,17H2,1-7H3. The number of anilines is 1. The number of fused-ring (bicyclic) bond motifs is 5. The monoisotopic (exact) mass is 610 g/mol. The van der Waals surface area contributed by atoms with E-state index in [1.165, 1.54) is 9.80 Å². The zero-order valence-corrected chi connectivity index (χ0v) is 26.5. The summed E-state index contributed by atoms with van der Waals surface area (Å²) in [7, 11) is 1.73. The van der Waals surface area contributed by atoms with Crippen molar-refractivity contribution in [3.63, 3.8) is 0 Å². The van der Waals surface area contributed by atoms with E-state index < -0.39 is 35.5 Å². The van der Waals surface area contributed by atoms with Crippen LogP contribution in [0.5, 0.6) is 0 Å². The van der Waals surface area contributed by atoms with Crippen LogP contribution in [0.25, 0.3) is 16.7 Å². The molecule has 4 bridgehead atoms. The molecule has 3 aromatic heterocycles. The zero-order valence-electron chi connectivity index (χ0n) is 25.8. The topological polar surface area (TPSA) is 110 Å². The number of amides is 3. The first-order valence-electron chi connectivity index (χ1n) is 14.5. The molecule has 2 aliphatic heterocycles. The summed E-state index contributed by atoms with van der Waals surface area (Å²) in [6, 6.07) is 3.94. The van der Waals surface area contributed by atoms with Crippen molar-refractivity contribution in [2.24, 2.45) is 0 Å². The molecule has 0 N–H and O–H groups in total. The number of aromatic nitrogens is 3. The second-order valence-electron chi connectivity index (χ2n) is 13.1. The molecule has 3 amide bonds. The third-order valence-electron chi connectivity index (χ3n) is 7.41. The van der Waals surface area contributed by atoms with Crippen LogP contribution in [0.3, 0.4) is 0 Å². The predicted molar refractivity (Wildman–Crippen MR) is 164 cm³/mol. The number of carbonyl (C=O) groups excluding carboxylic acids is 3. The Balaban J connectivity index is 1.67. The van der Waals surface area contributed by atoms with Gasteiger partial charge in [0.2, 0.25) is 5.91 Å². The van der Waals surface area contributed by atoms with Gasteiger partial charge >= 0.3 is 12.2 Å². The number of likely N-dealkylation sites (N-methyl/N-ethyl adjacent to an activating group) is 1. The van der Waals surface area contributed by atoms with E-state index >= 15 is 0 Å². The summed E-state index contributed by atoms with van der Waals surface area (Å²) in [5.74, 6) is 0.652. The number of aryl methyl sites for hydroxylation is 1. The highest BCUT2D eigenvalue weighted by atomic mass is 35.5. The van der Waals surface area contributed by atoms with E-state index in [4.69, 9.17) is 26.1 Å². The van der Waals surface area contributed by atoms with Crippen molar-refractivity contribution in [1.82, 2.24) is 24.3 Å². The molecule has 2 atom stereocenters. The smallest absolute Gasteiger partial charge is 0.416 e. The highest BCUT2D eigenvalue weighted by molar-refractivity contribution is 6.35. The lowest BCUT2D eigenvalue weighted by atomic mass is 10.1. The minimum absolute atomic E-state index is 0.0679. The fourth-order valence-corrected chi connectivity index (χ4v) is 5.85. The second kappa shape index (κ2) is 11.3. The molecule has 11 nitrogen and oxygen atoms in total. The van der Waals surface area contributed by atoms with Crippen LogP contribution in [0, 0.1) is 0 Å². The lowest BCUT2D eigenvalue weighted by Crippen LogP contribution is -2.48. The number of halogens is 1. The van der Waals surface area contributed by atoms with E-state index in [0.29, 0.717) is 36.0 Å². The Bertz CT molecular complexity index is 1560. The van der Waals surface area contributed by atoms with Gasteiger partial charge < -0.3 is 14.4 Å². The van der Waals surface area contributed by atoms with Crippen molar-refractivity contribution in [3.8, 4) is 5.82 Å². The number of hydrogen-bond donors (Lipinski definition) is 0. The van der Waals surface area contributed by atoms with Gasteiger partial charge in [-0.15, -0.1) is 0 Å². The Kier molecular flexibility index (Phi) is 8.06. The Morgan fingerprint density at radius 2 is 1.67 bits per heavy atom. The van der Waals surface area contributed by atoms with Gasteiger partial charge in [0.25, 0.3) is 0 Å². The maximum atomic E-state index is 13.9. The Morgan fingerprint density at radius 1 is 1.00 bits per heavy atom. The molecule has 2 unspecified atom stereocenters. The highest BCUT2D eigenvalue weighted by Gasteiger charge is 2.47. The lowest BCUT2D eigenvalue weighted by Gasteiger charge is -2.31. The summed E-state index contributed by atoms with van der Waals surface area (Å²) in [6.45, 7) is 11.2. The van der Waals surface area contributed by atoms with Gasteiger partial charge in [-0.05, 0) is 78.5 Å². The molecule has 230 valence electrons. The number of hydrogen-bond acceptors (Lipinski definition) is 7. The van der Waals surface area contributed by atoms with Gasteiger partial charge in [-0.1, -0.05) is 17.7 Å². The molecule has 1 saturated heterocycles. The third kappa shape index (κ3) is 6.41. The van der Waals surface area contributed by atoms with E-state index in [9.17, 15) is 14.4 Å². The Hall–Kier alpha value is -3.86. The minimum Gasteiger partial charge on any atom is -0.444 e. The van der Waals surface area contributed by atoms with Crippen molar-refractivity contribution in [3.05, 3.63) is 47.4 Å². The van der Waals surface area contributed by atoms with E-state index in [1.807, 2.05) is 16.7 Å². The number of rotatable bonds is 0. The summed E-state index contributed by atoms with van der Waals surface area (Å²) in [5, 5.41) is 1.32. The third-order valence-corrected chi connectivity index (χ3v) is 7.71. The van der Waals surface area contributed by atoms with Crippen molar-refractivity contribution < 1.29 is 23.9 Å². The van der Waals surface area contributed by atoms with E-state index in [0.717, 1.165) is 16.5 Å². The van der Waals surface area contributed by atoms with E-state index in [1.54, 1.807) is 78.1 Å². The molecule has 5 rings (SSSR count). The minimum atomic E-state index is -0.833. The van der Waals surface area contributed by atoms with E-state index in [-0.39, 0.29) is 18.9 Å². The number of nitrogens with zero attached hydrogens (tertiary/aromatic N) is 6. The van der Waals surface area contributed by atoms with Gasteiger partial charge in [-0.3, -0.25) is 24.1 Å². The second-order valence-corrected chi connectivity index (χ2v) is 13.6. The Morgan fingerprint density at radius 3 is 2.37 bits per heavy atom. The first-order chi connectivity index (χ1) is 20.1. The highest BCUT2D eigenvalue weighted by Crippen LogP contribution is 2.34. The van der Waals surface area contributed by atoms with Crippen molar-refractivity contribution in [1.29, 1.82) is 0 Å². The largest absolute Gasteiger partial charge is 0.444 e. The first kappa shape index (κ1) is 30.6. The molecule has 5 heterocycles. The fraction of sp³-hybridized carbons (Fsp3) is 0.516. The predicted octanol–water partition coefficient (Wildman–Crippen LogP) is 5.60.